The summed E-state index contributed by atoms with van der Waals surface area (Å²) in [7, 11) is 0. The third-order valence-electron chi connectivity index (χ3n) is 9.46. The van der Waals surface area contributed by atoms with Crippen LogP contribution in [-0.4, -0.2) is 29.5 Å². The number of fused-ring (bicyclic) bond motifs is 5. The van der Waals surface area contributed by atoms with Gasteiger partial charge in [0.25, 0.3) is 0 Å². The van der Waals surface area contributed by atoms with Crippen molar-refractivity contribution >= 4 is 43.2 Å². The molecule has 0 N–H and O–H groups in total. The van der Waals surface area contributed by atoms with E-state index in [0.29, 0.717) is 17.5 Å². The fourth-order valence-corrected chi connectivity index (χ4v) is 8.50. The van der Waals surface area contributed by atoms with Crippen molar-refractivity contribution < 1.29 is 0 Å². The first-order chi connectivity index (χ1) is 25.8. The van der Waals surface area contributed by atoms with Gasteiger partial charge >= 0.3 is 0 Å². The van der Waals surface area contributed by atoms with Gasteiger partial charge in [-0.05, 0) is 59.7 Å². The lowest BCUT2D eigenvalue weighted by atomic mass is 9.98. The summed E-state index contributed by atoms with van der Waals surface area (Å²) >= 11 is 1.87. The number of aromatic nitrogens is 6. The molecule has 5 aromatic carbocycles. The van der Waals surface area contributed by atoms with E-state index in [1.807, 2.05) is 35.6 Å². The Balaban J connectivity index is 1.20. The van der Waals surface area contributed by atoms with E-state index < -0.39 is 0 Å². The molecule has 0 aliphatic heterocycles. The first-order valence-corrected chi connectivity index (χ1v) is 17.9. The predicted octanol–water partition coefficient (Wildman–Crippen LogP) is 11.3. The Morgan fingerprint density at radius 2 is 1.00 bits per heavy atom. The molecule has 10 aromatic rings. The summed E-state index contributed by atoms with van der Waals surface area (Å²) in [5.74, 6) is 1.77. The molecule has 0 aliphatic carbocycles. The monoisotopic (exact) mass is 684 g/mol. The van der Waals surface area contributed by atoms with Gasteiger partial charge in [-0.15, -0.1) is 11.3 Å². The first-order valence-electron chi connectivity index (χ1n) is 17.1. The van der Waals surface area contributed by atoms with Crippen LogP contribution in [0.4, 0.5) is 0 Å². The van der Waals surface area contributed by atoms with Gasteiger partial charge in [0.1, 0.15) is 0 Å². The number of benzene rings is 5. The molecule has 0 unspecified atom stereocenters. The van der Waals surface area contributed by atoms with Crippen molar-refractivity contribution in [3.63, 3.8) is 0 Å². The second kappa shape index (κ2) is 12.5. The van der Waals surface area contributed by atoms with E-state index in [0.717, 1.165) is 33.4 Å². The zero-order chi connectivity index (χ0) is 34.4. The molecule has 244 valence electrons. The summed E-state index contributed by atoms with van der Waals surface area (Å²) in [6.45, 7) is 0. The number of para-hydroxylation sites is 1. The first kappa shape index (κ1) is 30.0. The summed E-state index contributed by atoms with van der Waals surface area (Å²) in [6.07, 6.45) is 7.02. The van der Waals surface area contributed by atoms with Gasteiger partial charge in [-0.3, -0.25) is 9.97 Å². The van der Waals surface area contributed by atoms with E-state index >= 15 is 0 Å². The number of thiophene rings is 1. The average molecular weight is 685 g/mol. The molecule has 0 saturated heterocycles. The van der Waals surface area contributed by atoms with Gasteiger partial charge in [-0.2, -0.15) is 0 Å². The van der Waals surface area contributed by atoms with Crippen molar-refractivity contribution in [3.8, 4) is 61.4 Å². The minimum absolute atomic E-state index is 0.588. The summed E-state index contributed by atoms with van der Waals surface area (Å²) in [5.41, 5.74) is 9.68. The Labute approximate surface area is 303 Å². The van der Waals surface area contributed by atoms with E-state index in [4.69, 9.17) is 15.0 Å². The topological polar surface area (TPSA) is 69.4 Å². The Hall–Kier alpha value is -6.83. The molecule has 0 bridgehead atoms. The van der Waals surface area contributed by atoms with Crippen LogP contribution in [-0.2, 0) is 0 Å². The summed E-state index contributed by atoms with van der Waals surface area (Å²) in [6, 6.07) is 51.0. The second-order valence-electron chi connectivity index (χ2n) is 12.6. The highest BCUT2D eigenvalue weighted by molar-refractivity contribution is 7.24. The molecule has 0 aliphatic rings. The maximum absolute atomic E-state index is 4.98. The molecule has 0 atom stereocenters. The van der Waals surface area contributed by atoms with Crippen LogP contribution in [0.25, 0.3) is 93.3 Å². The molecule has 0 spiro atoms. The molecule has 5 heterocycles. The minimum atomic E-state index is 0.588. The molecular formula is C45H28N6S. The lowest BCUT2D eigenvalue weighted by Gasteiger charge is -2.11. The highest BCUT2D eigenvalue weighted by atomic mass is 32.1. The zero-order valence-corrected chi connectivity index (χ0v) is 28.6. The van der Waals surface area contributed by atoms with Crippen LogP contribution >= 0.6 is 11.3 Å². The number of pyridine rings is 2. The zero-order valence-electron chi connectivity index (χ0n) is 27.8. The molecule has 52 heavy (non-hydrogen) atoms. The van der Waals surface area contributed by atoms with Crippen LogP contribution in [0.15, 0.2) is 170 Å². The molecule has 0 amide bonds. The fraction of sp³-hybridized carbons (Fsp3) is 0. The SMILES string of the molecule is c1ccc(-c2sc3c(ccc4c3c3ccccc3n4-c3cccc(-c4nc(-c5ccncc5)nc(-c5ccncc5)n4)c3)c2-c2ccccc2)cc1. The third kappa shape index (κ3) is 5.06. The largest absolute Gasteiger partial charge is 0.309 e. The van der Waals surface area contributed by atoms with Crippen LogP contribution in [0.5, 0.6) is 0 Å². The van der Waals surface area contributed by atoms with Gasteiger partial charge in [0.15, 0.2) is 17.5 Å². The molecule has 0 saturated carbocycles. The van der Waals surface area contributed by atoms with E-state index in [-0.39, 0.29) is 0 Å². The maximum Gasteiger partial charge on any atom is 0.164 e. The standard InChI is InChI=1S/C45H28N6S/c1-3-10-29(11-4-1)39-36-18-19-38-40(42(36)52-41(39)30-12-5-2-6-13-30)35-16-7-8-17-37(35)51(38)34-15-9-14-33(28-34)45-49-43(31-20-24-46-25-21-31)48-44(50-45)32-22-26-47-27-23-32/h1-28H. The van der Waals surface area contributed by atoms with E-state index in [2.05, 4.69) is 136 Å². The van der Waals surface area contributed by atoms with Crippen LogP contribution in [0.2, 0.25) is 0 Å². The lowest BCUT2D eigenvalue weighted by molar-refractivity contribution is 1.07. The van der Waals surface area contributed by atoms with Gasteiger partial charge < -0.3 is 4.57 Å². The van der Waals surface area contributed by atoms with Crippen LogP contribution in [0.3, 0.4) is 0 Å². The van der Waals surface area contributed by atoms with Crippen LogP contribution in [0, 0.1) is 0 Å². The molecule has 7 heteroatoms. The lowest BCUT2D eigenvalue weighted by Crippen LogP contribution is -2.01. The Morgan fingerprint density at radius 3 is 1.67 bits per heavy atom. The Morgan fingerprint density at radius 1 is 0.423 bits per heavy atom. The highest BCUT2D eigenvalue weighted by Gasteiger charge is 2.22. The molecule has 6 nitrogen and oxygen atoms in total. The summed E-state index contributed by atoms with van der Waals surface area (Å²) < 4.78 is 3.65. The van der Waals surface area contributed by atoms with Gasteiger partial charge in [-0.25, -0.2) is 15.0 Å². The number of rotatable bonds is 6. The van der Waals surface area contributed by atoms with E-state index in [1.54, 1.807) is 24.8 Å². The molecule has 0 radical (unpaired) electrons. The molecule has 5 aromatic heterocycles. The Bertz CT molecular complexity index is 2830. The van der Waals surface area contributed by atoms with Crippen molar-refractivity contribution in [2.75, 3.05) is 0 Å². The van der Waals surface area contributed by atoms with Crippen molar-refractivity contribution in [2.24, 2.45) is 0 Å². The van der Waals surface area contributed by atoms with Crippen molar-refractivity contribution in [1.29, 1.82) is 0 Å². The predicted molar refractivity (Wildman–Crippen MR) is 212 cm³/mol. The maximum atomic E-state index is 4.98. The van der Waals surface area contributed by atoms with E-state index in [9.17, 15) is 0 Å². The normalized spacial score (nSPS) is 11.5. The Kier molecular flexibility index (Phi) is 7.22. The number of nitrogens with zero attached hydrogens (tertiary/aromatic N) is 6. The van der Waals surface area contributed by atoms with Gasteiger partial charge in [0, 0.05) is 78.5 Å². The quantitative estimate of drug-likeness (QED) is 0.174. The van der Waals surface area contributed by atoms with Gasteiger partial charge in [0.05, 0.1) is 11.0 Å². The van der Waals surface area contributed by atoms with E-state index in [1.165, 1.54) is 42.4 Å². The molecular weight excluding hydrogens is 657 g/mol. The van der Waals surface area contributed by atoms with Crippen molar-refractivity contribution in [2.45, 2.75) is 0 Å². The molecule has 0 fully saturated rings. The number of hydrogen-bond donors (Lipinski definition) is 0. The minimum Gasteiger partial charge on any atom is -0.309 e. The third-order valence-corrected chi connectivity index (χ3v) is 10.7. The van der Waals surface area contributed by atoms with Crippen LogP contribution in [0.1, 0.15) is 0 Å². The molecule has 10 rings (SSSR count). The smallest absolute Gasteiger partial charge is 0.164 e. The van der Waals surface area contributed by atoms with Gasteiger partial charge in [-0.1, -0.05) is 97.1 Å². The fourth-order valence-electron chi connectivity index (χ4n) is 7.12. The van der Waals surface area contributed by atoms with Crippen LogP contribution < -0.4 is 0 Å². The van der Waals surface area contributed by atoms with Gasteiger partial charge in [0.2, 0.25) is 0 Å². The highest BCUT2D eigenvalue weighted by Crippen LogP contribution is 2.49. The second-order valence-corrected chi connectivity index (χ2v) is 13.6. The van der Waals surface area contributed by atoms with Crippen molar-refractivity contribution in [1.82, 2.24) is 29.5 Å². The average Bonchev–Trinajstić information content (AvgIpc) is 3.78. The van der Waals surface area contributed by atoms with Crippen molar-refractivity contribution in [3.05, 3.63) is 170 Å². The summed E-state index contributed by atoms with van der Waals surface area (Å²) in [4.78, 5) is 24.5. The summed E-state index contributed by atoms with van der Waals surface area (Å²) in [5, 5.41) is 3.73. The number of hydrogen-bond acceptors (Lipinski definition) is 6.